The zero-order valence-corrected chi connectivity index (χ0v) is 16.0. The SMILES string of the molecule is COc1ccc(NC(=O)N2CCCC(c3ccc(C(=O)O)cc3)C2)c(OC)c1. The zero-order chi connectivity index (χ0) is 20.1. The van der Waals surface area contributed by atoms with Gasteiger partial charge < -0.3 is 24.8 Å². The van der Waals surface area contributed by atoms with Crippen molar-refractivity contribution in [3.05, 3.63) is 53.6 Å². The Morgan fingerprint density at radius 3 is 2.50 bits per heavy atom. The van der Waals surface area contributed by atoms with Crippen LogP contribution in [0.15, 0.2) is 42.5 Å². The molecule has 1 heterocycles. The van der Waals surface area contributed by atoms with Crippen LogP contribution in [0.4, 0.5) is 10.5 Å². The number of nitrogens with one attached hydrogen (secondary N) is 1. The van der Waals surface area contributed by atoms with Crippen molar-refractivity contribution in [2.24, 2.45) is 0 Å². The number of carboxylic acid groups (broad SMARTS) is 1. The van der Waals surface area contributed by atoms with Crippen molar-refractivity contribution in [1.29, 1.82) is 0 Å². The molecule has 0 saturated carbocycles. The van der Waals surface area contributed by atoms with Crippen molar-refractivity contribution in [2.75, 3.05) is 32.6 Å². The molecule has 0 aromatic heterocycles. The fraction of sp³-hybridized carbons (Fsp3) is 0.333. The van der Waals surface area contributed by atoms with Gasteiger partial charge in [-0.3, -0.25) is 0 Å². The van der Waals surface area contributed by atoms with Crippen LogP contribution in [0.1, 0.15) is 34.7 Å². The fourth-order valence-corrected chi connectivity index (χ4v) is 3.43. The quantitative estimate of drug-likeness (QED) is 0.818. The van der Waals surface area contributed by atoms with Crippen molar-refractivity contribution in [1.82, 2.24) is 4.90 Å². The van der Waals surface area contributed by atoms with Crippen LogP contribution in [-0.2, 0) is 0 Å². The molecule has 2 N–H and O–H groups in total. The zero-order valence-electron chi connectivity index (χ0n) is 16.0. The summed E-state index contributed by atoms with van der Waals surface area (Å²) in [5, 5.41) is 11.9. The third kappa shape index (κ3) is 4.36. The summed E-state index contributed by atoms with van der Waals surface area (Å²) in [4.78, 5) is 25.6. The number of benzene rings is 2. The number of rotatable bonds is 5. The number of amides is 2. The Labute approximate surface area is 163 Å². The summed E-state index contributed by atoms with van der Waals surface area (Å²) in [6, 6.07) is 11.9. The molecule has 1 unspecified atom stereocenters. The molecule has 7 heteroatoms. The monoisotopic (exact) mass is 384 g/mol. The molecular weight excluding hydrogens is 360 g/mol. The van der Waals surface area contributed by atoms with E-state index in [1.807, 2.05) is 12.1 Å². The van der Waals surface area contributed by atoms with E-state index in [9.17, 15) is 9.59 Å². The number of hydrogen-bond donors (Lipinski definition) is 2. The van der Waals surface area contributed by atoms with Crippen molar-refractivity contribution >= 4 is 17.7 Å². The van der Waals surface area contributed by atoms with Gasteiger partial charge in [0.05, 0.1) is 25.5 Å². The molecule has 0 bridgehead atoms. The second-order valence-electron chi connectivity index (χ2n) is 6.71. The lowest BCUT2D eigenvalue weighted by Gasteiger charge is -2.33. The van der Waals surface area contributed by atoms with E-state index in [1.54, 1.807) is 49.5 Å². The fourth-order valence-electron chi connectivity index (χ4n) is 3.43. The first-order valence-corrected chi connectivity index (χ1v) is 9.13. The maximum atomic E-state index is 12.8. The van der Waals surface area contributed by atoms with Gasteiger partial charge in [0.25, 0.3) is 0 Å². The van der Waals surface area contributed by atoms with Crippen LogP contribution in [0.3, 0.4) is 0 Å². The van der Waals surface area contributed by atoms with Crippen molar-refractivity contribution in [3.63, 3.8) is 0 Å². The Balaban J connectivity index is 1.68. The highest BCUT2D eigenvalue weighted by atomic mass is 16.5. The van der Waals surface area contributed by atoms with Crippen LogP contribution < -0.4 is 14.8 Å². The van der Waals surface area contributed by atoms with Crippen molar-refractivity contribution < 1.29 is 24.2 Å². The third-order valence-corrected chi connectivity index (χ3v) is 4.99. The summed E-state index contributed by atoms with van der Waals surface area (Å²) in [5.41, 5.74) is 1.89. The Morgan fingerprint density at radius 2 is 1.86 bits per heavy atom. The number of urea groups is 1. The standard InChI is InChI=1S/C21H24N2O5/c1-27-17-9-10-18(19(12-17)28-2)22-21(26)23-11-3-4-16(13-23)14-5-7-15(8-6-14)20(24)25/h5-10,12,16H,3-4,11,13H2,1-2H3,(H,22,26)(H,24,25). The van der Waals surface area contributed by atoms with E-state index in [-0.39, 0.29) is 17.5 Å². The summed E-state index contributed by atoms with van der Waals surface area (Å²) in [6.45, 7) is 1.25. The second kappa shape index (κ2) is 8.65. The number of aromatic carboxylic acids is 1. The van der Waals surface area contributed by atoms with Gasteiger partial charge in [-0.15, -0.1) is 0 Å². The van der Waals surface area contributed by atoms with Gasteiger partial charge in [0, 0.05) is 25.1 Å². The van der Waals surface area contributed by atoms with E-state index >= 15 is 0 Å². The molecule has 2 aromatic rings. The van der Waals surface area contributed by atoms with E-state index in [0.29, 0.717) is 30.3 Å². The number of anilines is 1. The summed E-state index contributed by atoms with van der Waals surface area (Å²) >= 11 is 0. The molecule has 0 radical (unpaired) electrons. The first kappa shape index (κ1) is 19.5. The second-order valence-corrected chi connectivity index (χ2v) is 6.71. The summed E-state index contributed by atoms with van der Waals surface area (Å²) < 4.78 is 10.5. The Kier molecular flexibility index (Phi) is 6.03. The van der Waals surface area contributed by atoms with E-state index in [4.69, 9.17) is 14.6 Å². The Hall–Kier alpha value is -3.22. The van der Waals surface area contributed by atoms with Gasteiger partial charge in [0.1, 0.15) is 11.5 Å². The summed E-state index contributed by atoms with van der Waals surface area (Å²) in [7, 11) is 3.12. The molecular formula is C21H24N2O5. The van der Waals surface area contributed by atoms with Gasteiger partial charge in [0.2, 0.25) is 0 Å². The van der Waals surface area contributed by atoms with Gasteiger partial charge in [-0.25, -0.2) is 9.59 Å². The number of ether oxygens (including phenoxy) is 2. The molecule has 1 aliphatic rings. The first-order valence-electron chi connectivity index (χ1n) is 9.13. The molecule has 2 amide bonds. The highest BCUT2D eigenvalue weighted by Gasteiger charge is 2.25. The lowest BCUT2D eigenvalue weighted by molar-refractivity contribution is 0.0697. The summed E-state index contributed by atoms with van der Waals surface area (Å²) in [6.07, 6.45) is 1.85. The molecule has 1 aliphatic heterocycles. The maximum Gasteiger partial charge on any atom is 0.335 e. The highest BCUT2D eigenvalue weighted by Crippen LogP contribution is 2.31. The van der Waals surface area contributed by atoms with Gasteiger partial charge >= 0.3 is 12.0 Å². The van der Waals surface area contributed by atoms with E-state index in [1.165, 1.54) is 0 Å². The van der Waals surface area contributed by atoms with Crippen LogP contribution >= 0.6 is 0 Å². The molecule has 1 atom stereocenters. The molecule has 28 heavy (non-hydrogen) atoms. The van der Waals surface area contributed by atoms with Crippen LogP contribution in [0.25, 0.3) is 0 Å². The number of piperidine rings is 1. The molecule has 0 spiro atoms. The van der Waals surface area contributed by atoms with Gasteiger partial charge in [-0.05, 0) is 42.7 Å². The number of nitrogens with zero attached hydrogens (tertiary/aromatic N) is 1. The lowest BCUT2D eigenvalue weighted by atomic mass is 9.90. The van der Waals surface area contributed by atoms with Crippen LogP contribution in [-0.4, -0.2) is 49.3 Å². The molecule has 148 valence electrons. The first-order chi connectivity index (χ1) is 13.5. The van der Waals surface area contributed by atoms with Crippen LogP contribution in [0, 0.1) is 0 Å². The van der Waals surface area contributed by atoms with Crippen LogP contribution in [0.2, 0.25) is 0 Å². The highest BCUT2D eigenvalue weighted by molar-refractivity contribution is 5.91. The number of hydrogen-bond acceptors (Lipinski definition) is 4. The predicted octanol–water partition coefficient (Wildman–Crippen LogP) is 3.81. The average Bonchev–Trinajstić information content (AvgIpc) is 2.74. The van der Waals surface area contributed by atoms with Crippen molar-refractivity contribution in [3.8, 4) is 11.5 Å². The molecule has 1 fully saturated rings. The summed E-state index contributed by atoms with van der Waals surface area (Å²) in [5.74, 6) is 0.424. The average molecular weight is 384 g/mol. The lowest BCUT2D eigenvalue weighted by Crippen LogP contribution is -2.41. The minimum Gasteiger partial charge on any atom is -0.497 e. The number of likely N-dealkylation sites (tertiary alicyclic amines) is 1. The predicted molar refractivity (Wildman–Crippen MR) is 106 cm³/mol. The number of carbonyl (C=O) groups excluding carboxylic acids is 1. The molecule has 7 nitrogen and oxygen atoms in total. The topological polar surface area (TPSA) is 88.1 Å². The van der Waals surface area contributed by atoms with Gasteiger partial charge in [-0.2, -0.15) is 0 Å². The largest absolute Gasteiger partial charge is 0.497 e. The Bertz CT molecular complexity index is 850. The minimum absolute atomic E-state index is 0.181. The normalized spacial score (nSPS) is 16.4. The maximum absolute atomic E-state index is 12.8. The number of carbonyl (C=O) groups is 2. The number of carboxylic acids is 1. The molecule has 0 aliphatic carbocycles. The van der Waals surface area contributed by atoms with Gasteiger partial charge in [0.15, 0.2) is 0 Å². The van der Waals surface area contributed by atoms with Gasteiger partial charge in [-0.1, -0.05) is 12.1 Å². The minimum atomic E-state index is -0.940. The van der Waals surface area contributed by atoms with E-state index in [0.717, 1.165) is 18.4 Å². The van der Waals surface area contributed by atoms with Crippen LogP contribution in [0.5, 0.6) is 11.5 Å². The Morgan fingerprint density at radius 1 is 1.11 bits per heavy atom. The molecule has 2 aromatic carbocycles. The third-order valence-electron chi connectivity index (χ3n) is 4.99. The number of methoxy groups -OCH3 is 2. The van der Waals surface area contributed by atoms with E-state index < -0.39 is 5.97 Å². The van der Waals surface area contributed by atoms with Crippen molar-refractivity contribution in [2.45, 2.75) is 18.8 Å². The molecule has 1 saturated heterocycles. The van der Waals surface area contributed by atoms with E-state index in [2.05, 4.69) is 5.32 Å². The smallest absolute Gasteiger partial charge is 0.335 e. The molecule has 3 rings (SSSR count).